The minimum Gasteiger partial charge on any atom is -0.345 e. The van der Waals surface area contributed by atoms with Crippen molar-refractivity contribution in [1.82, 2.24) is 5.32 Å². The predicted octanol–water partition coefficient (Wildman–Crippen LogP) is 4.50. The number of rotatable bonds is 8. The van der Waals surface area contributed by atoms with Gasteiger partial charge in [0.05, 0.1) is 6.54 Å². The van der Waals surface area contributed by atoms with Crippen molar-refractivity contribution < 1.29 is 18.0 Å². The Labute approximate surface area is 190 Å². The van der Waals surface area contributed by atoms with Crippen molar-refractivity contribution in [3.05, 3.63) is 106 Å². The summed E-state index contributed by atoms with van der Waals surface area (Å²) in [6.07, 6.45) is 0. The lowest BCUT2D eigenvalue weighted by Crippen LogP contribution is -2.34. The fourth-order valence-corrected chi connectivity index (χ4v) is 5.22. The minimum atomic E-state index is -3.95. The highest BCUT2D eigenvalue weighted by molar-refractivity contribution is 7.92. The maximum Gasteiger partial charge on any atom is 0.251 e. The summed E-state index contributed by atoms with van der Waals surface area (Å²) in [6, 6.07) is 21.2. The molecular weight excluding hydrogens is 457 g/mol. The van der Waals surface area contributed by atoms with E-state index in [4.69, 9.17) is 23.2 Å². The van der Waals surface area contributed by atoms with Gasteiger partial charge in [0.1, 0.15) is 11.0 Å². The van der Waals surface area contributed by atoms with Gasteiger partial charge in [-0.25, -0.2) is 8.42 Å². The Morgan fingerprint density at radius 2 is 1.26 bits per heavy atom. The van der Waals surface area contributed by atoms with E-state index in [0.29, 0.717) is 26.7 Å². The van der Waals surface area contributed by atoms with E-state index in [1.54, 1.807) is 78.9 Å². The van der Waals surface area contributed by atoms with Gasteiger partial charge in [0.25, 0.3) is 5.91 Å². The third kappa shape index (κ3) is 6.17. The van der Waals surface area contributed by atoms with Gasteiger partial charge in [0.15, 0.2) is 15.6 Å². The van der Waals surface area contributed by atoms with E-state index in [-0.39, 0.29) is 6.54 Å². The molecule has 3 rings (SSSR count). The first-order valence-electron chi connectivity index (χ1n) is 9.34. The Morgan fingerprint density at radius 3 is 1.74 bits per heavy atom. The van der Waals surface area contributed by atoms with E-state index in [1.165, 1.54) is 0 Å². The number of hydrogen-bond acceptors (Lipinski definition) is 4. The van der Waals surface area contributed by atoms with E-state index in [0.717, 1.165) is 0 Å². The molecule has 0 saturated carbocycles. The van der Waals surface area contributed by atoms with Crippen molar-refractivity contribution in [1.29, 1.82) is 0 Å². The summed E-state index contributed by atoms with van der Waals surface area (Å²) in [6.45, 7) is -0.388. The molecule has 0 bridgehead atoms. The molecule has 1 amide bonds. The molecule has 0 saturated heterocycles. The Hall–Kier alpha value is -2.67. The zero-order valence-corrected chi connectivity index (χ0v) is 18.6. The molecule has 0 spiro atoms. The molecule has 0 atom stereocenters. The lowest BCUT2D eigenvalue weighted by Gasteiger charge is -2.19. The summed E-state index contributed by atoms with van der Waals surface area (Å²) in [5.74, 6) is -1.78. The molecule has 31 heavy (non-hydrogen) atoms. The van der Waals surface area contributed by atoms with Crippen molar-refractivity contribution >= 4 is 44.7 Å². The van der Waals surface area contributed by atoms with Crippen molar-refractivity contribution in [2.45, 2.75) is 5.25 Å². The van der Waals surface area contributed by atoms with Crippen molar-refractivity contribution in [3.8, 4) is 0 Å². The molecule has 3 aromatic carbocycles. The Bertz CT molecular complexity index is 1120. The third-order valence-electron chi connectivity index (χ3n) is 4.55. The summed E-state index contributed by atoms with van der Waals surface area (Å²) in [4.78, 5) is 24.6. The van der Waals surface area contributed by atoms with Crippen molar-refractivity contribution in [2.75, 3.05) is 12.3 Å². The van der Waals surface area contributed by atoms with Gasteiger partial charge < -0.3 is 5.32 Å². The molecular formula is C23H19Cl2NO4S. The monoisotopic (exact) mass is 475 g/mol. The number of hydrogen-bond donors (Lipinski definition) is 1. The Morgan fingerprint density at radius 1 is 0.774 bits per heavy atom. The maximum absolute atomic E-state index is 13.2. The molecule has 0 aromatic heterocycles. The van der Waals surface area contributed by atoms with Crippen LogP contribution < -0.4 is 5.32 Å². The van der Waals surface area contributed by atoms with E-state index in [2.05, 4.69) is 5.32 Å². The molecule has 5 nitrogen and oxygen atoms in total. The highest BCUT2D eigenvalue weighted by Gasteiger charge is 2.31. The Kier molecular flexibility index (Phi) is 7.49. The topological polar surface area (TPSA) is 80.3 Å². The molecule has 0 fully saturated rings. The second kappa shape index (κ2) is 10.1. The van der Waals surface area contributed by atoms with Gasteiger partial charge in [-0.3, -0.25) is 9.59 Å². The average molecular weight is 476 g/mol. The van der Waals surface area contributed by atoms with Crippen LogP contribution in [0.5, 0.6) is 0 Å². The first-order chi connectivity index (χ1) is 14.8. The van der Waals surface area contributed by atoms with Crippen LogP contribution in [0.4, 0.5) is 0 Å². The molecule has 8 heteroatoms. The predicted molar refractivity (Wildman–Crippen MR) is 122 cm³/mol. The number of amides is 1. The lowest BCUT2D eigenvalue weighted by molar-refractivity contribution is -0.115. The third-order valence-corrected chi connectivity index (χ3v) is 7.04. The van der Waals surface area contributed by atoms with Crippen LogP contribution >= 0.6 is 23.2 Å². The van der Waals surface area contributed by atoms with Gasteiger partial charge in [-0.15, -0.1) is 0 Å². The summed E-state index contributed by atoms with van der Waals surface area (Å²) in [7, 11) is -3.95. The fraction of sp³-hybridized carbons (Fsp3) is 0.130. The number of ketones is 1. The number of carbonyl (C=O) groups is 2. The molecule has 0 unspecified atom stereocenters. The normalized spacial score (nSPS) is 11.3. The molecule has 0 heterocycles. The van der Waals surface area contributed by atoms with Crippen molar-refractivity contribution in [3.63, 3.8) is 0 Å². The maximum atomic E-state index is 13.2. The number of carbonyl (C=O) groups excluding carboxylic acids is 2. The summed E-state index contributed by atoms with van der Waals surface area (Å²) in [5.41, 5.74) is 1.35. The molecule has 1 N–H and O–H groups in total. The number of benzene rings is 3. The van der Waals surface area contributed by atoms with E-state index < -0.39 is 32.5 Å². The molecule has 0 radical (unpaired) electrons. The van der Waals surface area contributed by atoms with Crippen LogP contribution in [0.3, 0.4) is 0 Å². The summed E-state index contributed by atoms with van der Waals surface area (Å²) >= 11 is 11.9. The zero-order chi connectivity index (χ0) is 22.4. The van der Waals surface area contributed by atoms with Crippen LogP contribution in [-0.4, -0.2) is 32.4 Å². The second-order valence-electron chi connectivity index (χ2n) is 6.88. The van der Waals surface area contributed by atoms with Gasteiger partial charge in [0.2, 0.25) is 0 Å². The van der Waals surface area contributed by atoms with Crippen LogP contribution in [0.2, 0.25) is 10.0 Å². The molecule has 0 aliphatic heterocycles. The number of Topliss-reactive ketones (excluding diaryl/α,β-unsaturated/α-hetero) is 1. The molecule has 0 aliphatic rings. The van der Waals surface area contributed by atoms with Crippen LogP contribution in [0, 0.1) is 0 Å². The lowest BCUT2D eigenvalue weighted by atomic mass is 10.0. The Balaban J connectivity index is 1.79. The molecule has 3 aromatic rings. The van der Waals surface area contributed by atoms with Gasteiger partial charge >= 0.3 is 0 Å². The van der Waals surface area contributed by atoms with Gasteiger partial charge in [0, 0.05) is 15.6 Å². The smallest absolute Gasteiger partial charge is 0.251 e. The summed E-state index contributed by atoms with van der Waals surface area (Å²) in [5, 5.41) is 2.33. The highest BCUT2D eigenvalue weighted by Crippen LogP contribution is 2.32. The quantitative estimate of drug-likeness (QED) is 0.520. The average Bonchev–Trinajstić information content (AvgIpc) is 2.75. The van der Waals surface area contributed by atoms with E-state index in [1.807, 2.05) is 0 Å². The van der Waals surface area contributed by atoms with Crippen LogP contribution in [0.25, 0.3) is 0 Å². The van der Waals surface area contributed by atoms with E-state index >= 15 is 0 Å². The van der Waals surface area contributed by atoms with Gasteiger partial charge in [-0.05, 0) is 47.5 Å². The zero-order valence-electron chi connectivity index (χ0n) is 16.3. The van der Waals surface area contributed by atoms with Gasteiger partial charge in [-0.2, -0.15) is 0 Å². The first kappa shape index (κ1) is 23.0. The summed E-state index contributed by atoms with van der Waals surface area (Å²) < 4.78 is 26.5. The second-order valence-corrected chi connectivity index (χ2v) is 9.84. The van der Waals surface area contributed by atoms with Crippen LogP contribution in [0.15, 0.2) is 78.9 Å². The molecule has 0 aliphatic carbocycles. The standard InChI is InChI=1S/C23H19Cl2NO4S/c24-19-10-6-16(7-11-19)22(17-8-12-20(25)13-9-17)31(29,30)15-21(27)14-26-23(28)18-4-2-1-3-5-18/h1-13,22H,14-15H2,(H,26,28). The highest BCUT2D eigenvalue weighted by atomic mass is 35.5. The van der Waals surface area contributed by atoms with Crippen molar-refractivity contribution in [2.24, 2.45) is 0 Å². The minimum absolute atomic E-state index is 0.387. The largest absolute Gasteiger partial charge is 0.345 e. The van der Waals surface area contributed by atoms with E-state index in [9.17, 15) is 18.0 Å². The fourth-order valence-electron chi connectivity index (χ4n) is 3.11. The SMILES string of the molecule is O=C(CNC(=O)c1ccccc1)CS(=O)(=O)C(c1ccc(Cl)cc1)c1ccc(Cl)cc1. The first-order valence-corrected chi connectivity index (χ1v) is 11.8. The van der Waals surface area contributed by atoms with Crippen LogP contribution in [-0.2, 0) is 14.6 Å². The number of nitrogens with one attached hydrogen (secondary N) is 1. The molecule has 160 valence electrons. The van der Waals surface area contributed by atoms with Crippen LogP contribution in [0.1, 0.15) is 26.7 Å². The number of halogens is 2. The number of sulfone groups is 1. The van der Waals surface area contributed by atoms with Gasteiger partial charge in [-0.1, -0.05) is 65.7 Å².